The van der Waals surface area contributed by atoms with E-state index < -0.39 is 0 Å². The van der Waals surface area contributed by atoms with Gasteiger partial charge < -0.3 is 14.8 Å². The molecule has 1 aliphatic rings. The second kappa shape index (κ2) is 5.11. The molecule has 3 rings (SSSR count). The molecule has 0 bridgehead atoms. The summed E-state index contributed by atoms with van der Waals surface area (Å²) in [5.74, 6) is 1.09. The van der Waals surface area contributed by atoms with Crippen LogP contribution >= 0.6 is 0 Å². The molecule has 19 heavy (non-hydrogen) atoms. The van der Waals surface area contributed by atoms with Crippen molar-refractivity contribution in [3.8, 4) is 11.5 Å². The van der Waals surface area contributed by atoms with Crippen LogP contribution in [0.4, 0.5) is 0 Å². The first-order valence-electron chi connectivity index (χ1n) is 6.55. The van der Waals surface area contributed by atoms with Gasteiger partial charge in [-0.05, 0) is 31.4 Å². The highest BCUT2D eigenvalue weighted by molar-refractivity contribution is 5.51. The van der Waals surface area contributed by atoms with E-state index in [1.807, 2.05) is 30.3 Å². The Hall–Kier alpha value is -1.72. The smallest absolute Gasteiger partial charge is 0.247 e. The zero-order chi connectivity index (χ0) is 13.1. The summed E-state index contributed by atoms with van der Waals surface area (Å²) in [5.41, 5.74) is 0.781. The van der Waals surface area contributed by atoms with Crippen molar-refractivity contribution < 1.29 is 9.52 Å². The van der Waals surface area contributed by atoms with Crippen LogP contribution in [0.3, 0.4) is 0 Å². The lowest BCUT2D eigenvalue weighted by molar-refractivity contribution is 0.0848. The van der Waals surface area contributed by atoms with Crippen LogP contribution in [0.15, 0.2) is 34.7 Å². The van der Waals surface area contributed by atoms with Gasteiger partial charge in [-0.15, -0.1) is 10.2 Å². The van der Waals surface area contributed by atoms with Gasteiger partial charge in [-0.3, -0.25) is 0 Å². The van der Waals surface area contributed by atoms with Gasteiger partial charge in [-0.2, -0.15) is 0 Å². The van der Waals surface area contributed by atoms with E-state index >= 15 is 0 Å². The largest absolute Gasteiger partial charge is 0.419 e. The van der Waals surface area contributed by atoms with Crippen molar-refractivity contribution in [2.45, 2.75) is 31.3 Å². The second-order valence-corrected chi connectivity index (χ2v) is 5.01. The number of hydrogen-bond acceptors (Lipinski definition) is 5. The molecule has 5 nitrogen and oxygen atoms in total. The molecular weight excluding hydrogens is 242 g/mol. The summed E-state index contributed by atoms with van der Waals surface area (Å²) in [6, 6.07) is 9.70. The van der Waals surface area contributed by atoms with E-state index in [0.717, 1.165) is 24.8 Å². The molecule has 100 valence electrons. The Kier molecular flexibility index (Phi) is 3.31. The lowest BCUT2D eigenvalue weighted by Gasteiger charge is -2.40. The highest BCUT2D eigenvalue weighted by Gasteiger charge is 2.35. The Bertz CT molecular complexity index is 529. The first-order chi connectivity index (χ1) is 9.31. The van der Waals surface area contributed by atoms with E-state index in [1.165, 1.54) is 0 Å². The minimum Gasteiger partial charge on any atom is -0.419 e. The van der Waals surface area contributed by atoms with Gasteiger partial charge in [0.15, 0.2) is 0 Å². The number of hydrogen-bond donors (Lipinski definition) is 2. The molecule has 1 aromatic carbocycles. The normalized spacial score (nSPS) is 17.1. The van der Waals surface area contributed by atoms with E-state index in [9.17, 15) is 5.11 Å². The number of aliphatic hydroxyl groups excluding tert-OH is 1. The predicted octanol–water partition coefficient (Wildman–Crippen LogP) is 1.74. The van der Waals surface area contributed by atoms with Crippen LogP contribution < -0.4 is 5.32 Å². The van der Waals surface area contributed by atoms with Gasteiger partial charge in [0.1, 0.15) is 0 Å². The first-order valence-corrected chi connectivity index (χ1v) is 6.55. The summed E-state index contributed by atoms with van der Waals surface area (Å²) in [6.07, 6.45) is 3.17. The maximum atomic E-state index is 9.37. The molecule has 0 spiro atoms. The van der Waals surface area contributed by atoms with E-state index in [4.69, 9.17) is 4.42 Å². The molecule has 1 fully saturated rings. The van der Waals surface area contributed by atoms with Crippen molar-refractivity contribution >= 4 is 0 Å². The van der Waals surface area contributed by atoms with Gasteiger partial charge in [0.2, 0.25) is 11.8 Å². The van der Waals surface area contributed by atoms with Gasteiger partial charge in [0, 0.05) is 11.1 Å². The number of aliphatic hydroxyl groups is 1. The fourth-order valence-electron chi connectivity index (χ4n) is 2.28. The maximum absolute atomic E-state index is 9.37. The van der Waals surface area contributed by atoms with Crippen LogP contribution in [-0.4, -0.2) is 27.4 Å². The van der Waals surface area contributed by atoms with E-state index in [2.05, 4.69) is 15.5 Å². The van der Waals surface area contributed by atoms with Gasteiger partial charge >= 0.3 is 0 Å². The monoisotopic (exact) mass is 259 g/mol. The molecule has 0 amide bonds. The highest BCUT2D eigenvalue weighted by atomic mass is 16.4. The third-order valence-corrected chi connectivity index (χ3v) is 3.72. The topological polar surface area (TPSA) is 71.2 Å². The lowest BCUT2D eigenvalue weighted by atomic mass is 9.77. The third-order valence-electron chi connectivity index (χ3n) is 3.72. The highest BCUT2D eigenvalue weighted by Crippen LogP contribution is 2.31. The minimum absolute atomic E-state index is 0.138. The molecule has 1 aromatic heterocycles. The molecule has 0 aliphatic heterocycles. The summed E-state index contributed by atoms with van der Waals surface area (Å²) in [4.78, 5) is 0. The van der Waals surface area contributed by atoms with Crippen LogP contribution in [0.25, 0.3) is 11.5 Å². The minimum atomic E-state index is -0.138. The molecule has 2 N–H and O–H groups in total. The molecule has 0 atom stereocenters. The molecule has 5 heteroatoms. The molecule has 2 aromatic rings. The Morgan fingerprint density at radius 2 is 2.00 bits per heavy atom. The first kappa shape index (κ1) is 12.3. The zero-order valence-electron chi connectivity index (χ0n) is 10.7. The third kappa shape index (κ3) is 2.52. The second-order valence-electron chi connectivity index (χ2n) is 5.01. The Morgan fingerprint density at radius 3 is 2.63 bits per heavy atom. The number of benzene rings is 1. The van der Waals surface area contributed by atoms with Crippen molar-refractivity contribution in [1.29, 1.82) is 0 Å². The van der Waals surface area contributed by atoms with Crippen molar-refractivity contribution in [2.75, 3.05) is 6.61 Å². The van der Waals surface area contributed by atoms with Crippen molar-refractivity contribution in [3.63, 3.8) is 0 Å². The van der Waals surface area contributed by atoms with E-state index in [1.54, 1.807) is 0 Å². The predicted molar refractivity (Wildman–Crippen MR) is 70.2 cm³/mol. The summed E-state index contributed by atoms with van der Waals surface area (Å²) in [7, 11) is 0. The summed E-state index contributed by atoms with van der Waals surface area (Å²) in [6.45, 7) is 0.660. The quantitative estimate of drug-likeness (QED) is 0.855. The van der Waals surface area contributed by atoms with E-state index in [0.29, 0.717) is 18.3 Å². The molecule has 1 heterocycles. The van der Waals surface area contributed by atoms with Crippen LogP contribution in [0.1, 0.15) is 25.2 Å². The van der Waals surface area contributed by atoms with Crippen LogP contribution in [-0.2, 0) is 6.54 Å². The summed E-state index contributed by atoms with van der Waals surface area (Å²) >= 11 is 0. The number of aromatic nitrogens is 2. The van der Waals surface area contributed by atoms with Gasteiger partial charge in [-0.25, -0.2) is 0 Å². The molecule has 0 saturated heterocycles. The lowest BCUT2D eigenvalue weighted by Crippen LogP contribution is -2.53. The standard InChI is InChI=1S/C14H17N3O2/c18-10-14(7-4-8-14)15-9-12-16-17-13(19-12)11-5-2-1-3-6-11/h1-3,5-6,15,18H,4,7-10H2. The Labute approximate surface area is 111 Å². The van der Waals surface area contributed by atoms with Crippen LogP contribution in [0.2, 0.25) is 0 Å². The van der Waals surface area contributed by atoms with Crippen LogP contribution in [0, 0.1) is 0 Å². The SMILES string of the molecule is OCC1(NCc2nnc(-c3ccccc3)o2)CCC1. The van der Waals surface area contributed by atoms with Gasteiger partial charge in [0.25, 0.3) is 0 Å². The van der Waals surface area contributed by atoms with E-state index in [-0.39, 0.29) is 12.1 Å². The average molecular weight is 259 g/mol. The number of nitrogens with one attached hydrogen (secondary N) is 1. The van der Waals surface area contributed by atoms with Gasteiger partial charge in [0.05, 0.1) is 13.2 Å². The number of rotatable bonds is 5. The van der Waals surface area contributed by atoms with Crippen molar-refractivity contribution in [2.24, 2.45) is 0 Å². The molecule has 1 saturated carbocycles. The molecular formula is C14H17N3O2. The molecule has 0 radical (unpaired) electrons. The zero-order valence-corrected chi connectivity index (χ0v) is 10.7. The Balaban J connectivity index is 1.65. The van der Waals surface area contributed by atoms with Crippen molar-refractivity contribution in [1.82, 2.24) is 15.5 Å². The van der Waals surface area contributed by atoms with Gasteiger partial charge in [-0.1, -0.05) is 18.2 Å². The van der Waals surface area contributed by atoms with Crippen LogP contribution in [0.5, 0.6) is 0 Å². The Morgan fingerprint density at radius 1 is 1.21 bits per heavy atom. The van der Waals surface area contributed by atoms with Crippen molar-refractivity contribution in [3.05, 3.63) is 36.2 Å². The number of nitrogens with zero attached hydrogens (tertiary/aromatic N) is 2. The maximum Gasteiger partial charge on any atom is 0.247 e. The molecule has 0 unspecified atom stereocenters. The molecule has 1 aliphatic carbocycles. The fraction of sp³-hybridized carbons (Fsp3) is 0.429. The fourth-order valence-corrected chi connectivity index (χ4v) is 2.28. The average Bonchev–Trinajstić information content (AvgIpc) is 2.88. The summed E-state index contributed by atoms with van der Waals surface area (Å²) < 4.78 is 5.61. The summed E-state index contributed by atoms with van der Waals surface area (Å²) in [5, 5.41) is 20.8.